The molecule has 0 spiro atoms. The number of carbonyl (C=O) groups is 1. The van der Waals surface area contributed by atoms with Gasteiger partial charge in [0.2, 0.25) is 5.91 Å². The van der Waals surface area contributed by atoms with Crippen LogP contribution >= 0.6 is 12.4 Å². The average molecular weight is 323 g/mol. The molecule has 3 rings (SSSR count). The predicted molar refractivity (Wildman–Crippen MR) is 92.3 cm³/mol. The summed E-state index contributed by atoms with van der Waals surface area (Å²) in [6.07, 6.45) is 4.41. The fourth-order valence-electron chi connectivity index (χ4n) is 4.14. The third-order valence-electron chi connectivity index (χ3n) is 5.41. The maximum Gasteiger partial charge on any atom is 0.226 e. The Hall–Kier alpha value is -1.06. The Morgan fingerprint density at radius 3 is 2.77 bits per heavy atom. The van der Waals surface area contributed by atoms with Gasteiger partial charge < -0.3 is 10.6 Å². The van der Waals surface area contributed by atoms with Crippen LogP contribution in [0.2, 0.25) is 0 Å². The highest BCUT2D eigenvalue weighted by atomic mass is 35.5. The van der Waals surface area contributed by atoms with Gasteiger partial charge in [-0.2, -0.15) is 0 Å². The van der Waals surface area contributed by atoms with Crippen LogP contribution in [0.15, 0.2) is 24.3 Å². The van der Waals surface area contributed by atoms with Gasteiger partial charge in [0.15, 0.2) is 0 Å². The molecule has 122 valence electrons. The van der Waals surface area contributed by atoms with Crippen LogP contribution < -0.4 is 5.73 Å². The number of nitrogens with zero attached hydrogens (tertiary/aromatic N) is 1. The van der Waals surface area contributed by atoms with Crippen molar-refractivity contribution in [3.8, 4) is 0 Å². The van der Waals surface area contributed by atoms with Gasteiger partial charge in [0, 0.05) is 24.9 Å². The summed E-state index contributed by atoms with van der Waals surface area (Å²) >= 11 is 0. The van der Waals surface area contributed by atoms with E-state index < -0.39 is 0 Å². The standard InChI is InChI=1S/C18H26N2O.ClH/c1-13-5-2-3-7-16(13)15-9-10-20(12-15)18(21)17-8-4-6-14(17)11-19;/h2-3,5,7,14-15,17H,4,6,8-12,19H2,1H3;1H/t14-,15?,17-;/m1./s1. The molecule has 22 heavy (non-hydrogen) atoms. The molecule has 2 aliphatic rings. The quantitative estimate of drug-likeness (QED) is 0.929. The summed E-state index contributed by atoms with van der Waals surface area (Å²) < 4.78 is 0. The summed E-state index contributed by atoms with van der Waals surface area (Å²) in [7, 11) is 0. The molecule has 2 fully saturated rings. The second-order valence-corrected chi connectivity index (χ2v) is 6.66. The summed E-state index contributed by atoms with van der Waals surface area (Å²) in [4.78, 5) is 14.8. The zero-order chi connectivity index (χ0) is 14.8. The topological polar surface area (TPSA) is 46.3 Å². The summed E-state index contributed by atoms with van der Waals surface area (Å²) in [6.45, 7) is 4.62. The van der Waals surface area contributed by atoms with Crippen molar-refractivity contribution in [2.75, 3.05) is 19.6 Å². The molecule has 3 nitrogen and oxygen atoms in total. The SMILES string of the molecule is Cc1ccccc1C1CCN(C(=O)[C@@H]2CCC[C@@H]2CN)C1.Cl. The lowest BCUT2D eigenvalue weighted by molar-refractivity contribution is -0.135. The van der Waals surface area contributed by atoms with Crippen LogP contribution in [-0.4, -0.2) is 30.4 Å². The first-order chi connectivity index (χ1) is 10.2. The number of aryl methyl sites for hydroxylation is 1. The smallest absolute Gasteiger partial charge is 0.226 e. The minimum absolute atomic E-state index is 0. The average Bonchev–Trinajstić information content (AvgIpc) is 3.16. The second-order valence-electron chi connectivity index (χ2n) is 6.66. The fourth-order valence-corrected chi connectivity index (χ4v) is 4.14. The lowest BCUT2D eigenvalue weighted by atomic mass is 9.93. The van der Waals surface area contributed by atoms with E-state index in [9.17, 15) is 4.79 Å². The minimum Gasteiger partial charge on any atom is -0.342 e. The van der Waals surface area contributed by atoms with Gasteiger partial charge in [-0.15, -0.1) is 12.4 Å². The summed E-state index contributed by atoms with van der Waals surface area (Å²) in [5.74, 6) is 1.47. The van der Waals surface area contributed by atoms with Crippen LogP contribution in [0.3, 0.4) is 0 Å². The summed E-state index contributed by atoms with van der Waals surface area (Å²) in [6, 6.07) is 8.57. The molecule has 1 amide bonds. The van der Waals surface area contributed by atoms with Gasteiger partial charge in [-0.1, -0.05) is 30.7 Å². The van der Waals surface area contributed by atoms with Gasteiger partial charge >= 0.3 is 0 Å². The fraction of sp³-hybridized carbons (Fsp3) is 0.611. The first-order valence-electron chi connectivity index (χ1n) is 8.25. The van der Waals surface area contributed by atoms with Crippen molar-refractivity contribution in [1.82, 2.24) is 4.90 Å². The molecule has 1 aliphatic carbocycles. The van der Waals surface area contributed by atoms with Gasteiger partial charge in [-0.05, 0) is 49.8 Å². The van der Waals surface area contributed by atoms with Crippen LogP contribution in [0.4, 0.5) is 0 Å². The van der Waals surface area contributed by atoms with E-state index in [-0.39, 0.29) is 18.3 Å². The monoisotopic (exact) mass is 322 g/mol. The number of carbonyl (C=O) groups excluding carboxylic acids is 1. The second kappa shape index (κ2) is 7.47. The van der Waals surface area contributed by atoms with Crippen molar-refractivity contribution >= 4 is 18.3 Å². The molecule has 0 bridgehead atoms. The predicted octanol–water partition coefficient (Wildman–Crippen LogP) is 3.11. The largest absolute Gasteiger partial charge is 0.342 e. The lowest BCUT2D eigenvalue weighted by Gasteiger charge is -2.24. The van der Waals surface area contributed by atoms with E-state index in [0.717, 1.165) is 38.8 Å². The molecular formula is C18H27ClN2O. The highest BCUT2D eigenvalue weighted by Gasteiger charge is 2.37. The zero-order valence-corrected chi connectivity index (χ0v) is 14.1. The molecule has 0 radical (unpaired) electrons. The Labute approximate surface area is 139 Å². The van der Waals surface area contributed by atoms with Gasteiger partial charge in [0.25, 0.3) is 0 Å². The van der Waals surface area contributed by atoms with Crippen LogP contribution in [-0.2, 0) is 4.79 Å². The maximum atomic E-state index is 12.7. The highest BCUT2D eigenvalue weighted by molar-refractivity contribution is 5.85. The molecule has 1 saturated carbocycles. The first kappa shape index (κ1) is 17.3. The number of nitrogens with two attached hydrogens (primary N) is 1. The number of likely N-dealkylation sites (tertiary alicyclic amines) is 1. The molecule has 2 N–H and O–H groups in total. The Balaban J connectivity index is 0.00000176. The highest BCUT2D eigenvalue weighted by Crippen LogP contribution is 2.35. The zero-order valence-electron chi connectivity index (χ0n) is 13.3. The number of benzene rings is 1. The normalized spacial score (nSPS) is 27.7. The maximum absolute atomic E-state index is 12.7. The van der Waals surface area contributed by atoms with Crippen molar-refractivity contribution < 1.29 is 4.79 Å². The van der Waals surface area contributed by atoms with Crippen molar-refractivity contribution in [1.29, 1.82) is 0 Å². The number of hydrogen-bond donors (Lipinski definition) is 1. The molecule has 1 aliphatic heterocycles. The number of halogens is 1. The van der Waals surface area contributed by atoms with Crippen LogP contribution in [0.25, 0.3) is 0 Å². The first-order valence-corrected chi connectivity index (χ1v) is 8.25. The third kappa shape index (κ3) is 3.31. The Morgan fingerprint density at radius 1 is 1.27 bits per heavy atom. The molecular weight excluding hydrogens is 296 g/mol. The van der Waals surface area contributed by atoms with E-state index in [1.165, 1.54) is 11.1 Å². The molecule has 1 unspecified atom stereocenters. The van der Waals surface area contributed by atoms with E-state index in [0.29, 0.717) is 24.3 Å². The molecule has 4 heteroatoms. The Morgan fingerprint density at radius 2 is 2.05 bits per heavy atom. The Bertz CT molecular complexity index is 520. The molecule has 1 aromatic rings. The van der Waals surface area contributed by atoms with Gasteiger partial charge in [-0.3, -0.25) is 4.79 Å². The van der Waals surface area contributed by atoms with Crippen molar-refractivity contribution in [3.05, 3.63) is 35.4 Å². The molecule has 1 aromatic carbocycles. The van der Waals surface area contributed by atoms with E-state index in [2.05, 4.69) is 36.1 Å². The molecule has 0 aromatic heterocycles. The van der Waals surface area contributed by atoms with E-state index in [4.69, 9.17) is 5.73 Å². The molecule has 3 atom stereocenters. The van der Waals surface area contributed by atoms with E-state index >= 15 is 0 Å². The van der Waals surface area contributed by atoms with Crippen LogP contribution in [0.1, 0.15) is 42.7 Å². The number of amides is 1. The Kier molecular flexibility index (Phi) is 5.87. The number of hydrogen-bond acceptors (Lipinski definition) is 2. The van der Waals surface area contributed by atoms with Crippen LogP contribution in [0, 0.1) is 18.8 Å². The lowest BCUT2D eigenvalue weighted by Crippen LogP contribution is -2.37. The number of rotatable bonds is 3. The summed E-state index contributed by atoms with van der Waals surface area (Å²) in [5.41, 5.74) is 8.58. The van der Waals surface area contributed by atoms with Gasteiger partial charge in [-0.25, -0.2) is 0 Å². The van der Waals surface area contributed by atoms with E-state index in [1.807, 2.05) is 0 Å². The van der Waals surface area contributed by atoms with Crippen molar-refractivity contribution in [2.45, 2.75) is 38.5 Å². The van der Waals surface area contributed by atoms with E-state index in [1.54, 1.807) is 0 Å². The molecule has 1 heterocycles. The van der Waals surface area contributed by atoms with Gasteiger partial charge in [0.05, 0.1) is 0 Å². The third-order valence-corrected chi connectivity index (χ3v) is 5.41. The van der Waals surface area contributed by atoms with Crippen LogP contribution in [0.5, 0.6) is 0 Å². The van der Waals surface area contributed by atoms with Crippen molar-refractivity contribution in [3.63, 3.8) is 0 Å². The summed E-state index contributed by atoms with van der Waals surface area (Å²) in [5, 5.41) is 0. The molecule has 1 saturated heterocycles. The minimum atomic E-state index is 0. The van der Waals surface area contributed by atoms with Crippen molar-refractivity contribution in [2.24, 2.45) is 17.6 Å². The van der Waals surface area contributed by atoms with Gasteiger partial charge in [0.1, 0.15) is 0 Å².